The van der Waals surface area contributed by atoms with E-state index in [0.29, 0.717) is 48.4 Å². The van der Waals surface area contributed by atoms with Crippen molar-refractivity contribution >= 4 is 11.9 Å². The summed E-state index contributed by atoms with van der Waals surface area (Å²) in [6.45, 7) is 2.83. The van der Waals surface area contributed by atoms with Gasteiger partial charge in [0.05, 0.1) is 24.8 Å². The highest BCUT2D eigenvalue weighted by Gasteiger charge is 2.22. The molecule has 26 heavy (non-hydrogen) atoms. The summed E-state index contributed by atoms with van der Waals surface area (Å²) in [6, 6.07) is 9.20. The van der Waals surface area contributed by atoms with Crippen molar-refractivity contribution in [2.45, 2.75) is 6.92 Å². The fraction of sp³-hybridized carbons (Fsp3) is 0.263. The van der Waals surface area contributed by atoms with Gasteiger partial charge in [-0.05, 0) is 43.3 Å². The van der Waals surface area contributed by atoms with E-state index in [1.807, 2.05) is 0 Å². The van der Waals surface area contributed by atoms with Gasteiger partial charge in [-0.2, -0.15) is 0 Å². The van der Waals surface area contributed by atoms with E-state index in [1.54, 1.807) is 13.0 Å². The summed E-state index contributed by atoms with van der Waals surface area (Å²) in [6.07, 6.45) is 0. The second-order valence-corrected chi connectivity index (χ2v) is 5.34. The van der Waals surface area contributed by atoms with Crippen molar-refractivity contribution in [3.8, 4) is 23.0 Å². The first-order valence-corrected chi connectivity index (χ1v) is 8.09. The predicted molar refractivity (Wildman–Crippen MR) is 91.3 cm³/mol. The number of fused-ring (bicyclic) bond motifs is 1. The Morgan fingerprint density at radius 1 is 1.00 bits per heavy atom. The third-order valence-corrected chi connectivity index (χ3v) is 3.64. The van der Waals surface area contributed by atoms with E-state index in [2.05, 4.69) is 0 Å². The van der Waals surface area contributed by atoms with Crippen LogP contribution in [0.15, 0.2) is 36.4 Å². The van der Waals surface area contributed by atoms with Crippen LogP contribution in [0, 0.1) is 0 Å². The van der Waals surface area contributed by atoms with Gasteiger partial charge in [0.1, 0.15) is 19.0 Å². The van der Waals surface area contributed by atoms with E-state index in [0.717, 1.165) is 0 Å². The molecule has 0 saturated heterocycles. The average Bonchev–Trinajstić information content (AvgIpc) is 2.67. The van der Waals surface area contributed by atoms with Gasteiger partial charge in [-0.1, -0.05) is 0 Å². The molecule has 2 aromatic rings. The average molecular weight is 358 g/mol. The molecular formula is C19H18O7. The normalized spacial score (nSPS) is 12.2. The van der Waals surface area contributed by atoms with Crippen LogP contribution in [-0.2, 0) is 4.74 Å². The Balaban J connectivity index is 1.77. The lowest BCUT2D eigenvalue weighted by molar-refractivity contribution is 0.0526. The van der Waals surface area contributed by atoms with Gasteiger partial charge >= 0.3 is 11.9 Å². The number of hydrogen-bond acceptors (Lipinski definition) is 7. The Labute approximate surface area is 150 Å². The fourth-order valence-corrected chi connectivity index (χ4v) is 2.43. The van der Waals surface area contributed by atoms with Crippen LogP contribution in [0.3, 0.4) is 0 Å². The SMILES string of the molecule is CCOC(=O)c1ccc(OC(=O)c2cc(OC)c3c(c2)OCCO3)cc1. The lowest BCUT2D eigenvalue weighted by atomic mass is 10.1. The van der Waals surface area contributed by atoms with Crippen molar-refractivity contribution in [3.05, 3.63) is 47.5 Å². The molecule has 0 amide bonds. The Bertz CT molecular complexity index is 794. The van der Waals surface area contributed by atoms with E-state index < -0.39 is 11.9 Å². The van der Waals surface area contributed by atoms with Crippen molar-refractivity contribution in [1.29, 1.82) is 0 Å². The van der Waals surface area contributed by atoms with Crippen LogP contribution in [0.2, 0.25) is 0 Å². The third-order valence-electron chi connectivity index (χ3n) is 3.64. The van der Waals surface area contributed by atoms with E-state index >= 15 is 0 Å². The summed E-state index contributed by atoms with van der Waals surface area (Å²) in [5.74, 6) is 0.587. The second kappa shape index (κ2) is 7.77. The van der Waals surface area contributed by atoms with Crippen LogP contribution >= 0.6 is 0 Å². The molecular weight excluding hydrogens is 340 g/mol. The lowest BCUT2D eigenvalue weighted by Gasteiger charge is -2.21. The van der Waals surface area contributed by atoms with Gasteiger partial charge in [0, 0.05) is 0 Å². The van der Waals surface area contributed by atoms with Gasteiger partial charge in [0.25, 0.3) is 0 Å². The first-order chi connectivity index (χ1) is 12.6. The molecule has 0 fully saturated rings. The fourth-order valence-electron chi connectivity index (χ4n) is 2.43. The summed E-state index contributed by atoms with van der Waals surface area (Å²) in [4.78, 5) is 24.1. The maximum absolute atomic E-state index is 12.4. The quantitative estimate of drug-likeness (QED) is 0.600. The van der Waals surface area contributed by atoms with Gasteiger partial charge < -0.3 is 23.7 Å². The molecule has 136 valence electrons. The number of ether oxygens (including phenoxy) is 5. The number of rotatable bonds is 5. The van der Waals surface area contributed by atoms with Gasteiger partial charge in [0.15, 0.2) is 11.5 Å². The Morgan fingerprint density at radius 2 is 1.73 bits per heavy atom. The number of hydrogen-bond donors (Lipinski definition) is 0. The highest BCUT2D eigenvalue weighted by atomic mass is 16.6. The zero-order valence-electron chi connectivity index (χ0n) is 14.4. The van der Waals surface area contributed by atoms with Crippen LogP contribution in [0.1, 0.15) is 27.6 Å². The monoisotopic (exact) mass is 358 g/mol. The standard InChI is InChI=1S/C19H18O7/c1-3-23-18(20)12-4-6-14(7-5-12)26-19(21)13-10-15(22-2)17-16(11-13)24-8-9-25-17/h4-7,10-11H,3,8-9H2,1-2H3. The summed E-state index contributed by atoms with van der Waals surface area (Å²) >= 11 is 0. The van der Waals surface area contributed by atoms with E-state index in [1.165, 1.54) is 37.4 Å². The van der Waals surface area contributed by atoms with E-state index in [4.69, 9.17) is 23.7 Å². The molecule has 0 bridgehead atoms. The number of benzene rings is 2. The maximum atomic E-state index is 12.4. The van der Waals surface area contributed by atoms with Gasteiger partial charge in [-0.15, -0.1) is 0 Å². The first-order valence-electron chi connectivity index (χ1n) is 8.09. The number of carbonyl (C=O) groups is 2. The van der Waals surface area contributed by atoms with Crippen molar-refractivity contribution < 1.29 is 33.3 Å². The third kappa shape index (κ3) is 3.72. The molecule has 7 nitrogen and oxygen atoms in total. The lowest BCUT2D eigenvalue weighted by Crippen LogP contribution is -2.17. The molecule has 0 atom stereocenters. The minimum atomic E-state index is -0.579. The Morgan fingerprint density at radius 3 is 2.42 bits per heavy atom. The van der Waals surface area contributed by atoms with E-state index in [9.17, 15) is 9.59 Å². The summed E-state index contributed by atoms with van der Waals surface area (Å²) < 4.78 is 26.5. The van der Waals surface area contributed by atoms with Crippen LogP contribution in [0.5, 0.6) is 23.0 Å². The van der Waals surface area contributed by atoms with Crippen LogP contribution < -0.4 is 18.9 Å². The maximum Gasteiger partial charge on any atom is 0.343 e. The zero-order chi connectivity index (χ0) is 18.5. The molecule has 0 saturated carbocycles. The van der Waals surface area contributed by atoms with Crippen LogP contribution in [0.4, 0.5) is 0 Å². The topological polar surface area (TPSA) is 80.3 Å². The molecule has 1 aliphatic rings. The largest absolute Gasteiger partial charge is 0.493 e. The second-order valence-electron chi connectivity index (χ2n) is 5.34. The Kier molecular flexibility index (Phi) is 5.26. The molecule has 3 rings (SSSR count). The van der Waals surface area contributed by atoms with Gasteiger partial charge in [-0.3, -0.25) is 0 Å². The van der Waals surface area contributed by atoms with Crippen molar-refractivity contribution in [1.82, 2.24) is 0 Å². The molecule has 7 heteroatoms. The minimum absolute atomic E-state index is 0.264. The number of esters is 2. The van der Waals surface area contributed by atoms with Crippen LogP contribution in [-0.4, -0.2) is 38.9 Å². The minimum Gasteiger partial charge on any atom is -0.493 e. The molecule has 0 radical (unpaired) electrons. The first kappa shape index (κ1) is 17.6. The summed E-state index contributed by atoms with van der Waals surface area (Å²) in [7, 11) is 1.48. The number of carbonyl (C=O) groups excluding carboxylic acids is 2. The summed E-state index contributed by atoms with van der Waals surface area (Å²) in [5.41, 5.74) is 0.646. The Hall–Kier alpha value is -3.22. The van der Waals surface area contributed by atoms with Gasteiger partial charge in [-0.25, -0.2) is 9.59 Å². The predicted octanol–water partition coefficient (Wildman–Crippen LogP) is 2.86. The molecule has 0 aliphatic carbocycles. The smallest absolute Gasteiger partial charge is 0.343 e. The van der Waals surface area contributed by atoms with Crippen LogP contribution in [0.25, 0.3) is 0 Å². The molecule has 0 N–H and O–H groups in total. The highest BCUT2D eigenvalue weighted by molar-refractivity contribution is 5.93. The summed E-state index contributed by atoms with van der Waals surface area (Å²) in [5, 5.41) is 0. The number of methoxy groups -OCH3 is 1. The molecule has 1 heterocycles. The van der Waals surface area contributed by atoms with Gasteiger partial charge in [0.2, 0.25) is 5.75 Å². The molecule has 1 aliphatic heterocycles. The molecule has 0 aromatic heterocycles. The van der Waals surface area contributed by atoms with Crippen molar-refractivity contribution in [2.24, 2.45) is 0 Å². The zero-order valence-corrected chi connectivity index (χ0v) is 14.4. The van der Waals surface area contributed by atoms with Crippen molar-refractivity contribution in [3.63, 3.8) is 0 Å². The van der Waals surface area contributed by atoms with E-state index in [-0.39, 0.29) is 5.56 Å². The highest BCUT2D eigenvalue weighted by Crippen LogP contribution is 2.40. The molecule has 0 unspecified atom stereocenters. The van der Waals surface area contributed by atoms with Crippen molar-refractivity contribution in [2.75, 3.05) is 26.9 Å². The molecule has 2 aromatic carbocycles. The molecule has 0 spiro atoms.